The highest BCUT2D eigenvalue weighted by Gasteiger charge is 2.18. The molecule has 0 spiro atoms. The second kappa shape index (κ2) is 6.32. The Balaban J connectivity index is 2.13. The summed E-state index contributed by atoms with van der Waals surface area (Å²) in [7, 11) is 1.82. The molecule has 2 rings (SSSR count). The van der Waals surface area contributed by atoms with E-state index in [1.54, 1.807) is 22.3 Å². The number of carbonyl (C=O) groups is 1. The third-order valence-electron chi connectivity index (χ3n) is 2.65. The summed E-state index contributed by atoms with van der Waals surface area (Å²) < 4.78 is 1.76. The van der Waals surface area contributed by atoms with Crippen molar-refractivity contribution < 1.29 is 9.90 Å². The average Bonchev–Trinajstić information content (AvgIpc) is 3.04. The largest absolute Gasteiger partial charge is 0.384 e. The molecule has 7 heteroatoms. The van der Waals surface area contributed by atoms with Crippen LogP contribution < -0.4 is 5.32 Å². The summed E-state index contributed by atoms with van der Waals surface area (Å²) in [5, 5.41) is 21.1. The van der Waals surface area contributed by atoms with Gasteiger partial charge in [0.05, 0.1) is 6.04 Å². The maximum Gasteiger partial charge on any atom is 0.263 e. The van der Waals surface area contributed by atoms with Crippen LogP contribution in [0, 0.1) is 11.8 Å². The van der Waals surface area contributed by atoms with Crippen molar-refractivity contribution in [3.05, 3.63) is 34.0 Å². The lowest BCUT2D eigenvalue weighted by atomic mass is 10.2. The fraction of sp³-hybridized carbons (Fsp3) is 0.308. The fourth-order valence-corrected chi connectivity index (χ4v) is 2.48. The summed E-state index contributed by atoms with van der Waals surface area (Å²) in [5.74, 6) is 5.77. The molecule has 2 N–H and O–H groups in total. The van der Waals surface area contributed by atoms with Gasteiger partial charge in [-0.05, 0) is 18.4 Å². The molecule has 0 fully saturated rings. The maximum atomic E-state index is 12.2. The Labute approximate surface area is 120 Å². The quantitative estimate of drug-likeness (QED) is 0.816. The minimum atomic E-state index is -0.254. The molecule has 0 aliphatic carbocycles. The normalized spacial score (nSPS) is 11.6. The van der Waals surface area contributed by atoms with E-state index in [0.29, 0.717) is 16.3 Å². The van der Waals surface area contributed by atoms with Gasteiger partial charge in [-0.3, -0.25) is 4.79 Å². The van der Waals surface area contributed by atoms with Crippen molar-refractivity contribution in [2.75, 3.05) is 6.61 Å². The van der Waals surface area contributed by atoms with Gasteiger partial charge in [0, 0.05) is 12.6 Å². The number of carbonyl (C=O) groups excluding carboxylic acids is 1. The van der Waals surface area contributed by atoms with Crippen LogP contribution in [0.4, 0.5) is 0 Å². The van der Waals surface area contributed by atoms with E-state index in [2.05, 4.69) is 27.4 Å². The van der Waals surface area contributed by atoms with E-state index in [4.69, 9.17) is 5.11 Å². The summed E-state index contributed by atoms with van der Waals surface area (Å²) in [4.78, 5) is 12.7. The smallest absolute Gasteiger partial charge is 0.263 e. The third-order valence-corrected chi connectivity index (χ3v) is 3.57. The topological polar surface area (TPSA) is 80.0 Å². The van der Waals surface area contributed by atoms with Crippen LogP contribution in [0.25, 0.3) is 0 Å². The summed E-state index contributed by atoms with van der Waals surface area (Å²) >= 11 is 1.31. The van der Waals surface area contributed by atoms with E-state index in [-0.39, 0.29) is 18.6 Å². The van der Waals surface area contributed by atoms with Gasteiger partial charge in [-0.25, -0.2) is 0 Å². The van der Waals surface area contributed by atoms with E-state index in [1.807, 2.05) is 14.0 Å². The zero-order chi connectivity index (χ0) is 14.5. The number of nitrogens with zero attached hydrogens (tertiary/aromatic N) is 3. The number of nitrogens with one attached hydrogen (secondary N) is 1. The van der Waals surface area contributed by atoms with Gasteiger partial charge in [0.1, 0.15) is 17.8 Å². The van der Waals surface area contributed by atoms with Gasteiger partial charge in [-0.1, -0.05) is 11.8 Å². The zero-order valence-corrected chi connectivity index (χ0v) is 11.9. The molecule has 2 heterocycles. The predicted octanol–water partition coefficient (Wildman–Crippen LogP) is 0.711. The minimum Gasteiger partial charge on any atom is -0.384 e. The average molecular weight is 290 g/mol. The first-order valence-corrected chi connectivity index (χ1v) is 6.83. The van der Waals surface area contributed by atoms with Crippen LogP contribution in [0.5, 0.6) is 0 Å². The molecule has 0 saturated carbocycles. The number of aliphatic hydroxyl groups excluding tert-OH is 1. The second-order valence-corrected chi connectivity index (χ2v) is 5.03. The monoisotopic (exact) mass is 290 g/mol. The van der Waals surface area contributed by atoms with Crippen LogP contribution in [0.3, 0.4) is 0 Å². The minimum absolute atomic E-state index is 0.210. The van der Waals surface area contributed by atoms with Crippen LogP contribution in [0.15, 0.2) is 17.8 Å². The van der Waals surface area contributed by atoms with Gasteiger partial charge in [0.2, 0.25) is 0 Å². The highest BCUT2D eigenvalue weighted by molar-refractivity contribution is 7.12. The third kappa shape index (κ3) is 3.04. The highest BCUT2D eigenvalue weighted by Crippen LogP contribution is 2.17. The molecule has 6 nitrogen and oxygen atoms in total. The molecule has 0 radical (unpaired) electrons. The van der Waals surface area contributed by atoms with Crippen LogP contribution >= 0.6 is 11.3 Å². The predicted molar refractivity (Wildman–Crippen MR) is 75.2 cm³/mol. The van der Waals surface area contributed by atoms with Crippen molar-refractivity contribution in [1.82, 2.24) is 20.1 Å². The first kappa shape index (κ1) is 14.2. The summed E-state index contributed by atoms with van der Waals surface area (Å²) in [6.07, 6.45) is 1.58. The molecule has 0 aliphatic heterocycles. The number of hydrogen-bond acceptors (Lipinski definition) is 5. The van der Waals surface area contributed by atoms with Crippen LogP contribution in [-0.4, -0.2) is 32.4 Å². The van der Waals surface area contributed by atoms with Crippen molar-refractivity contribution in [3.63, 3.8) is 0 Å². The molecular formula is C13H14N4O2S. The molecule has 2 aromatic heterocycles. The number of thiophene rings is 1. The molecule has 1 atom stereocenters. The van der Waals surface area contributed by atoms with E-state index in [0.717, 1.165) is 0 Å². The van der Waals surface area contributed by atoms with Crippen LogP contribution in [-0.2, 0) is 7.05 Å². The van der Waals surface area contributed by atoms with Gasteiger partial charge < -0.3 is 15.0 Å². The number of amides is 1. The molecule has 0 bridgehead atoms. The number of aliphatic hydroxyl groups is 1. The Kier molecular flexibility index (Phi) is 4.50. The molecule has 0 aliphatic rings. The van der Waals surface area contributed by atoms with E-state index < -0.39 is 0 Å². The van der Waals surface area contributed by atoms with E-state index in [9.17, 15) is 4.79 Å². The SMILES string of the molecule is CC(NC(=O)c1sccc1C#CCO)c1nncn1C. The summed E-state index contributed by atoms with van der Waals surface area (Å²) in [6.45, 7) is 1.61. The Morgan fingerprint density at radius 3 is 3.10 bits per heavy atom. The van der Waals surface area contributed by atoms with Crippen LogP contribution in [0.1, 0.15) is 34.0 Å². The maximum absolute atomic E-state index is 12.2. The van der Waals surface area contributed by atoms with Crippen LogP contribution in [0.2, 0.25) is 0 Å². The first-order chi connectivity index (χ1) is 9.63. The molecule has 1 amide bonds. The standard InChI is InChI=1S/C13H14N4O2S/c1-9(12-16-14-8-17(12)2)15-13(19)11-10(4-3-6-18)5-7-20-11/h5,7-9,18H,6H2,1-2H3,(H,15,19). The molecular weight excluding hydrogens is 276 g/mol. The van der Waals surface area contributed by atoms with Gasteiger partial charge in [0.25, 0.3) is 5.91 Å². The Bertz CT molecular complexity index is 665. The van der Waals surface area contributed by atoms with Gasteiger partial charge in [-0.15, -0.1) is 21.5 Å². The number of aryl methyl sites for hydroxylation is 1. The Morgan fingerprint density at radius 2 is 2.45 bits per heavy atom. The van der Waals surface area contributed by atoms with E-state index >= 15 is 0 Å². The number of aromatic nitrogens is 3. The molecule has 20 heavy (non-hydrogen) atoms. The van der Waals surface area contributed by atoms with Crippen molar-refractivity contribution in [1.29, 1.82) is 0 Å². The summed E-state index contributed by atoms with van der Waals surface area (Å²) in [5.41, 5.74) is 0.617. The molecule has 0 aromatic carbocycles. The van der Waals surface area contributed by atoms with Crippen molar-refractivity contribution >= 4 is 17.2 Å². The molecule has 2 aromatic rings. The van der Waals surface area contributed by atoms with Crippen molar-refractivity contribution in [3.8, 4) is 11.8 Å². The Hall–Kier alpha value is -2.17. The zero-order valence-electron chi connectivity index (χ0n) is 11.1. The Morgan fingerprint density at radius 1 is 1.65 bits per heavy atom. The van der Waals surface area contributed by atoms with Crippen molar-refractivity contribution in [2.24, 2.45) is 7.05 Å². The second-order valence-electron chi connectivity index (χ2n) is 4.12. The lowest BCUT2D eigenvalue weighted by molar-refractivity contribution is 0.0941. The molecule has 104 valence electrons. The lowest BCUT2D eigenvalue weighted by Gasteiger charge is -2.12. The van der Waals surface area contributed by atoms with Gasteiger partial charge in [0.15, 0.2) is 5.82 Å². The van der Waals surface area contributed by atoms with Gasteiger partial charge >= 0.3 is 0 Å². The number of hydrogen-bond donors (Lipinski definition) is 2. The van der Waals surface area contributed by atoms with E-state index in [1.165, 1.54) is 11.3 Å². The molecule has 0 saturated heterocycles. The molecule has 1 unspecified atom stereocenters. The lowest BCUT2D eigenvalue weighted by Crippen LogP contribution is -2.28. The first-order valence-electron chi connectivity index (χ1n) is 5.95. The van der Waals surface area contributed by atoms with Gasteiger partial charge in [-0.2, -0.15) is 0 Å². The summed E-state index contributed by atoms with van der Waals surface area (Å²) in [6, 6.07) is 1.51. The highest BCUT2D eigenvalue weighted by atomic mass is 32.1. The van der Waals surface area contributed by atoms with Crippen molar-refractivity contribution in [2.45, 2.75) is 13.0 Å². The number of rotatable bonds is 3. The fourth-order valence-electron chi connectivity index (χ4n) is 1.73.